The topological polar surface area (TPSA) is 29.5 Å². The van der Waals surface area contributed by atoms with Crippen molar-refractivity contribution >= 4 is 11.6 Å². The number of benzene rings is 1. The molecule has 3 heteroatoms. The van der Waals surface area contributed by atoms with Crippen LogP contribution in [0.5, 0.6) is 5.75 Å². The average Bonchev–Trinajstić information content (AvgIpc) is 2.90. The van der Waals surface area contributed by atoms with Crippen LogP contribution in [-0.4, -0.2) is 19.1 Å². The van der Waals surface area contributed by atoms with Crippen molar-refractivity contribution in [1.29, 1.82) is 0 Å². The smallest absolute Gasteiger partial charge is 0.229 e. The number of carbonyl (C=O) groups excluding carboxylic acids is 1. The molecule has 18 heavy (non-hydrogen) atoms. The summed E-state index contributed by atoms with van der Waals surface area (Å²) >= 11 is 0. The minimum Gasteiger partial charge on any atom is -0.497 e. The lowest BCUT2D eigenvalue weighted by atomic mass is 9.86. The number of methoxy groups -OCH3 is 1. The molecule has 91 valence electrons. The monoisotopic (exact) mass is 240 g/mol. The molecule has 1 aliphatic heterocycles. The molecule has 1 saturated carbocycles. The Hall–Kier alpha value is -1.51. The highest BCUT2D eigenvalue weighted by molar-refractivity contribution is 6.02. The largest absolute Gasteiger partial charge is 0.497 e. The number of hydrogen-bond acceptors (Lipinski definition) is 2. The first-order valence-electron chi connectivity index (χ1n) is 5.97. The van der Waals surface area contributed by atoms with Crippen LogP contribution in [0.1, 0.15) is 6.42 Å². The molecule has 5 radical (unpaired) electrons. The number of amides is 1. The zero-order chi connectivity index (χ0) is 12.5. The maximum Gasteiger partial charge on any atom is 0.229 e. The number of anilines is 1. The van der Waals surface area contributed by atoms with Crippen molar-refractivity contribution in [3.63, 3.8) is 0 Å². The van der Waals surface area contributed by atoms with Crippen LogP contribution >= 0.6 is 0 Å². The van der Waals surface area contributed by atoms with E-state index in [1.54, 1.807) is 7.11 Å². The lowest BCUT2D eigenvalue weighted by Crippen LogP contribution is -2.55. The summed E-state index contributed by atoms with van der Waals surface area (Å²) in [7, 11) is 1.64. The number of β-lactam (4-membered cyclic amide) rings is 1. The van der Waals surface area contributed by atoms with Crippen LogP contribution in [0.2, 0.25) is 0 Å². The predicted molar refractivity (Wildman–Crippen MR) is 69.3 cm³/mol. The summed E-state index contributed by atoms with van der Waals surface area (Å²) < 4.78 is 5.12. The normalized spacial score (nSPS) is 24.2. The summed E-state index contributed by atoms with van der Waals surface area (Å²) in [6.45, 7) is 0. The first-order chi connectivity index (χ1) is 8.79. The maximum atomic E-state index is 11.8. The van der Waals surface area contributed by atoms with Crippen LogP contribution in [0.3, 0.4) is 0 Å². The summed E-state index contributed by atoms with van der Waals surface area (Å²) in [6.07, 6.45) is 8.73. The lowest BCUT2D eigenvalue weighted by Gasteiger charge is -2.43. The Balaban J connectivity index is 1.77. The summed E-state index contributed by atoms with van der Waals surface area (Å²) in [5.74, 6) is 2.17. The SMILES string of the molecule is COc1ccc(N2C(=O)CC2[C]2[CH][CH][CH][CH]2)cc1. The van der Waals surface area contributed by atoms with Gasteiger partial charge in [-0.15, -0.1) is 0 Å². The Bertz CT molecular complexity index is 434. The molecule has 1 atom stereocenters. The number of rotatable bonds is 3. The minimum absolute atomic E-state index is 0.173. The summed E-state index contributed by atoms with van der Waals surface area (Å²) in [5.41, 5.74) is 0.929. The standard InChI is InChI=1S/C15H14NO2/c1-18-13-8-6-12(7-9-13)16-14(10-15(16)17)11-4-2-3-5-11/h2-9,14H,10H2,1H3. The van der Waals surface area contributed by atoms with E-state index in [9.17, 15) is 4.79 Å². The molecule has 0 bridgehead atoms. The molecule has 1 aromatic rings. The number of carbonyl (C=O) groups is 1. The highest BCUT2D eigenvalue weighted by Gasteiger charge is 2.43. The molecule has 3 rings (SSSR count). The first-order valence-corrected chi connectivity index (χ1v) is 5.97. The predicted octanol–water partition coefficient (Wildman–Crippen LogP) is 2.21. The lowest BCUT2D eigenvalue weighted by molar-refractivity contribution is -0.123. The van der Waals surface area contributed by atoms with Gasteiger partial charge < -0.3 is 9.64 Å². The van der Waals surface area contributed by atoms with Crippen molar-refractivity contribution < 1.29 is 9.53 Å². The van der Waals surface area contributed by atoms with Gasteiger partial charge in [-0.05, 0) is 49.9 Å². The van der Waals surface area contributed by atoms with E-state index in [4.69, 9.17) is 4.74 Å². The van der Waals surface area contributed by atoms with Gasteiger partial charge in [0, 0.05) is 18.0 Å². The molecule has 1 heterocycles. The Labute approximate surface area is 108 Å². The molecule has 0 spiro atoms. The first kappa shape index (κ1) is 11.6. The second-order valence-corrected chi connectivity index (χ2v) is 4.40. The minimum atomic E-state index is 0.173. The molecule has 2 fully saturated rings. The third-order valence-corrected chi connectivity index (χ3v) is 3.37. The molecular weight excluding hydrogens is 226 g/mol. The van der Waals surface area contributed by atoms with Gasteiger partial charge >= 0.3 is 0 Å². The van der Waals surface area contributed by atoms with E-state index in [1.807, 2.05) is 42.0 Å². The third kappa shape index (κ3) is 1.88. The second kappa shape index (κ2) is 4.63. The van der Waals surface area contributed by atoms with Gasteiger partial charge in [0.1, 0.15) is 5.75 Å². The highest BCUT2D eigenvalue weighted by Crippen LogP contribution is 2.39. The van der Waals surface area contributed by atoms with Crippen LogP contribution in [0.4, 0.5) is 5.69 Å². The van der Waals surface area contributed by atoms with Crippen LogP contribution in [0.25, 0.3) is 0 Å². The maximum absolute atomic E-state index is 11.8. The van der Waals surface area contributed by atoms with Gasteiger partial charge in [0.25, 0.3) is 0 Å². The van der Waals surface area contributed by atoms with E-state index in [-0.39, 0.29) is 11.9 Å². The number of ether oxygens (including phenoxy) is 1. The van der Waals surface area contributed by atoms with Crippen molar-refractivity contribution in [3.05, 3.63) is 55.9 Å². The van der Waals surface area contributed by atoms with Crippen molar-refractivity contribution in [1.82, 2.24) is 0 Å². The van der Waals surface area contributed by atoms with Crippen molar-refractivity contribution in [2.24, 2.45) is 0 Å². The Morgan fingerprint density at radius 3 is 2.39 bits per heavy atom. The number of hydrogen-bond donors (Lipinski definition) is 0. The fourth-order valence-electron chi connectivity index (χ4n) is 2.36. The fraction of sp³-hybridized carbons (Fsp3) is 0.200. The molecule has 1 amide bonds. The van der Waals surface area contributed by atoms with Gasteiger partial charge in [-0.3, -0.25) is 4.79 Å². The summed E-state index contributed by atoms with van der Waals surface area (Å²) in [4.78, 5) is 13.6. The molecule has 1 unspecified atom stereocenters. The molecule has 2 aliphatic rings. The van der Waals surface area contributed by atoms with E-state index >= 15 is 0 Å². The van der Waals surface area contributed by atoms with E-state index in [2.05, 4.69) is 12.8 Å². The Kier molecular flexibility index (Phi) is 2.98. The molecule has 1 aliphatic carbocycles. The molecule has 0 aromatic heterocycles. The molecule has 0 N–H and O–H groups in total. The van der Waals surface area contributed by atoms with Gasteiger partial charge in [-0.1, -0.05) is 0 Å². The van der Waals surface area contributed by atoms with E-state index in [0.717, 1.165) is 11.4 Å². The Morgan fingerprint density at radius 1 is 1.17 bits per heavy atom. The van der Waals surface area contributed by atoms with E-state index < -0.39 is 0 Å². The number of nitrogens with zero attached hydrogens (tertiary/aromatic N) is 1. The van der Waals surface area contributed by atoms with Gasteiger partial charge in [-0.2, -0.15) is 0 Å². The third-order valence-electron chi connectivity index (χ3n) is 3.37. The van der Waals surface area contributed by atoms with Crippen molar-refractivity contribution in [2.45, 2.75) is 12.5 Å². The zero-order valence-corrected chi connectivity index (χ0v) is 10.2. The van der Waals surface area contributed by atoms with E-state index in [0.29, 0.717) is 6.42 Å². The van der Waals surface area contributed by atoms with Gasteiger partial charge in [0.05, 0.1) is 13.2 Å². The van der Waals surface area contributed by atoms with Crippen LogP contribution in [0, 0.1) is 31.6 Å². The quantitative estimate of drug-likeness (QED) is 0.758. The summed E-state index contributed by atoms with van der Waals surface area (Å²) in [5, 5.41) is 0. The average molecular weight is 240 g/mol. The van der Waals surface area contributed by atoms with Crippen molar-refractivity contribution in [2.75, 3.05) is 12.0 Å². The van der Waals surface area contributed by atoms with Crippen LogP contribution in [-0.2, 0) is 4.79 Å². The summed E-state index contributed by atoms with van der Waals surface area (Å²) in [6, 6.07) is 7.78. The fourth-order valence-corrected chi connectivity index (χ4v) is 2.36. The van der Waals surface area contributed by atoms with Crippen molar-refractivity contribution in [3.8, 4) is 5.75 Å². The van der Waals surface area contributed by atoms with Gasteiger partial charge in [0.15, 0.2) is 0 Å². The molecule has 1 saturated heterocycles. The van der Waals surface area contributed by atoms with Crippen LogP contribution < -0.4 is 9.64 Å². The highest BCUT2D eigenvalue weighted by atomic mass is 16.5. The Morgan fingerprint density at radius 2 is 1.83 bits per heavy atom. The molecule has 3 nitrogen and oxygen atoms in total. The van der Waals surface area contributed by atoms with E-state index in [1.165, 1.54) is 5.92 Å². The molecular formula is C15H14NO2. The van der Waals surface area contributed by atoms with Crippen LogP contribution in [0.15, 0.2) is 24.3 Å². The zero-order valence-electron chi connectivity index (χ0n) is 10.2. The van der Waals surface area contributed by atoms with Gasteiger partial charge in [-0.25, -0.2) is 0 Å². The van der Waals surface area contributed by atoms with Gasteiger partial charge in [0.2, 0.25) is 5.91 Å². The molecule has 1 aromatic carbocycles. The second-order valence-electron chi connectivity index (χ2n) is 4.40.